The van der Waals surface area contributed by atoms with Crippen LogP contribution < -0.4 is 4.74 Å². The van der Waals surface area contributed by atoms with Crippen LogP contribution in [0.2, 0.25) is 5.02 Å². The molecule has 0 aliphatic heterocycles. The summed E-state index contributed by atoms with van der Waals surface area (Å²) in [7, 11) is 0. The van der Waals surface area contributed by atoms with Gasteiger partial charge in [0.05, 0.1) is 23.1 Å². The van der Waals surface area contributed by atoms with Crippen LogP contribution in [0.25, 0.3) is 11.1 Å². The van der Waals surface area contributed by atoms with Crippen LogP contribution in [-0.4, -0.2) is 17.7 Å². The van der Waals surface area contributed by atoms with Crippen LogP contribution in [0.5, 0.6) is 5.75 Å². The van der Waals surface area contributed by atoms with Gasteiger partial charge in [-0.1, -0.05) is 36.6 Å². The van der Waals surface area contributed by atoms with E-state index >= 15 is 0 Å². The molecule has 30 heavy (non-hydrogen) atoms. The van der Waals surface area contributed by atoms with E-state index < -0.39 is 23.6 Å². The fourth-order valence-electron chi connectivity index (χ4n) is 3.58. The van der Waals surface area contributed by atoms with Crippen molar-refractivity contribution < 1.29 is 27.8 Å². The zero-order chi connectivity index (χ0) is 21.5. The van der Waals surface area contributed by atoms with Crippen LogP contribution in [0.4, 0.5) is 13.2 Å². The van der Waals surface area contributed by atoms with Crippen molar-refractivity contribution in [3.63, 3.8) is 0 Å². The SMILES string of the molecule is O=C(O)C(CC1CC1)c1cc(Cl)c(-c2ccc(C(F)(F)F)cc2)c(OCC2CC2)c1. The van der Waals surface area contributed by atoms with Crippen molar-refractivity contribution >= 4 is 17.6 Å². The molecule has 2 aliphatic rings. The maximum Gasteiger partial charge on any atom is 0.416 e. The van der Waals surface area contributed by atoms with Crippen molar-refractivity contribution in [2.24, 2.45) is 11.8 Å². The second-order valence-corrected chi connectivity index (χ2v) is 8.68. The number of carboxylic acids is 1. The molecule has 2 aromatic rings. The number of hydrogen-bond donors (Lipinski definition) is 1. The highest BCUT2D eigenvalue weighted by Gasteiger charge is 2.33. The van der Waals surface area contributed by atoms with Crippen molar-refractivity contribution in [1.82, 2.24) is 0 Å². The number of aliphatic carboxylic acids is 1. The summed E-state index contributed by atoms with van der Waals surface area (Å²) in [5.74, 6) is -0.301. The van der Waals surface area contributed by atoms with Gasteiger partial charge >= 0.3 is 12.1 Å². The Morgan fingerprint density at radius 1 is 1.10 bits per heavy atom. The quantitative estimate of drug-likeness (QED) is 0.494. The zero-order valence-electron chi connectivity index (χ0n) is 16.2. The minimum absolute atomic E-state index is 0.278. The van der Waals surface area contributed by atoms with Crippen molar-refractivity contribution in [3.05, 3.63) is 52.5 Å². The molecule has 0 heterocycles. The topological polar surface area (TPSA) is 46.5 Å². The zero-order valence-corrected chi connectivity index (χ0v) is 17.0. The van der Waals surface area contributed by atoms with E-state index in [1.807, 2.05) is 0 Å². The van der Waals surface area contributed by atoms with E-state index in [1.165, 1.54) is 12.1 Å². The van der Waals surface area contributed by atoms with Crippen LogP contribution in [0.3, 0.4) is 0 Å². The average Bonchev–Trinajstić information content (AvgIpc) is 3.59. The first-order valence-electron chi connectivity index (χ1n) is 10.1. The van der Waals surface area contributed by atoms with E-state index in [-0.39, 0.29) is 5.02 Å². The number of carbonyl (C=O) groups is 1. The second kappa shape index (κ2) is 8.14. The third-order valence-electron chi connectivity index (χ3n) is 5.72. The highest BCUT2D eigenvalue weighted by molar-refractivity contribution is 6.33. The Morgan fingerprint density at radius 3 is 2.27 bits per heavy atom. The molecule has 0 aromatic heterocycles. The van der Waals surface area contributed by atoms with Gasteiger partial charge in [0, 0.05) is 5.56 Å². The Hall–Kier alpha value is -2.21. The molecule has 2 aromatic carbocycles. The Bertz CT molecular complexity index is 932. The molecule has 1 unspecified atom stereocenters. The van der Waals surface area contributed by atoms with Crippen LogP contribution >= 0.6 is 11.6 Å². The Balaban J connectivity index is 1.71. The summed E-state index contributed by atoms with van der Waals surface area (Å²) in [4.78, 5) is 11.9. The maximum absolute atomic E-state index is 12.9. The molecular formula is C23H22ClF3O3. The van der Waals surface area contributed by atoms with Crippen LogP contribution in [0, 0.1) is 11.8 Å². The fourth-order valence-corrected chi connectivity index (χ4v) is 3.91. The van der Waals surface area contributed by atoms with E-state index in [0.29, 0.717) is 47.3 Å². The van der Waals surface area contributed by atoms with E-state index in [4.69, 9.17) is 16.3 Å². The minimum Gasteiger partial charge on any atom is -0.493 e. The Labute approximate surface area is 177 Å². The van der Waals surface area contributed by atoms with E-state index in [9.17, 15) is 23.1 Å². The number of rotatable bonds is 8. The van der Waals surface area contributed by atoms with Gasteiger partial charge in [-0.3, -0.25) is 4.79 Å². The number of benzene rings is 2. The first kappa shape index (κ1) is 21.0. The lowest BCUT2D eigenvalue weighted by Crippen LogP contribution is -2.13. The van der Waals surface area contributed by atoms with Crippen molar-refractivity contribution in [2.45, 2.75) is 44.2 Å². The summed E-state index contributed by atoms with van der Waals surface area (Å²) in [6, 6.07) is 8.07. The van der Waals surface area contributed by atoms with Crippen LogP contribution in [0.1, 0.15) is 49.1 Å². The van der Waals surface area contributed by atoms with Gasteiger partial charge in [0.25, 0.3) is 0 Å². The lowest BCUT2D eigenvalue weighted by atomic mass is 9.91. The van der Waals surface area contributed by atoms with Gasteiger partial charge in [-0.25, -0.2) is 0 Å². The highest BCUT2D eigenvalue weighted by atomic mass is 35.5. The predicted octanol–water partition coefficient (Wildman–Crippen LogP) is 6.78. The summed E-state index contributed by atoms with van der Waals surface area (Å²) >= 11 is 6.54. The molecule has 7 heteroatoms. The summed E-state index contributed by atoms with van der Waals surface area (Å²) < 4.78 is 44.7. The monoisotopic (exact) mass is 438 g/mol. The third kappa shape index (κ3) is 4.91. The van der Waals surface area contributed by atoms with Crippen LogP contribution in [0.15, 0.2) is 36.4 Å². The largest absolute Gasteiger partial charge is 0.493 e. The molecule has 0 bridgehead atoms. The Kier molecular flexibility index (Phi) is 5.71. The molecule has 0 radical (unpaired) electrons. The van der Waals surface area contributed by atoms with Gasteiger partial charge in [0.1, 0.15) is 5.75 Å². The maximum atomic E-state index is 12.9. The standard InChI is InChI=1S/C23H22ClF3O3/c24-19-10-16(18(22(28)29)9-13-1-2-13)11-20(30-12-14-3-4-14)21(19)15-5-7-17(8-6-15)23(25,26)27/h5-8,10-11,13-14,18H,1-4,9,12H2,(H,28,29). The molecule has 2 fully saturated rings. The average molecular weight is 439 g/mol. The normalized spacial score (nSPS) is 17.6. The molecular weight excluding hydrogens is 417 g/mol. The molecule has 2 saturated carbocycles. The Morgan fingerprint density at radius 2 is 1.73 bits per heavy atom. The molecule has 3 nitrogen and oxygen atoms in total. The molecule has 0 spiro atoms. The number of halogens is 4. The van der Waals surface area contributed by atoms with Crippen molar-refractivity contribution in [3.8, 4) is 16.9 Å². The highest BCUT2D eigenvalue weighted by Crippen LogP contribution is 2.44. The van der Waals surface area contributed by atoms with E-state index in [1.54, 1.807) is 12.1 Å². The molecule has 160 valence electrons. The van der Waals surface area contributed by atoms with E-state index in [2.05, 4.69) is 0 Å². The molecule has 1 atom stereocenters. The summed E-state index contributed by atoms with van der Waals surface area (Å²) in [5.41, 5.74) is 0.820. The number of carboxylic acid groups (broad SMARTS) is 1. The first-order valence-corrected chi connectivity index (χ1v) is 10.5. The molecule has 1 N–H and O–H groups in total. The van der Waals surface area contributed by atoms with Crippen LogP contribution in [-0.2, 0) is 11.0 Å². The van der Waals surface area contributed by atoms with Gasteiger partial charge in [-0.2, -0.15) is 13.2 Å². The summed E-state index contributed by atoms with van der Waals surface area (Å²) in [6.07, 6.45) is 0.339. The fraction of sp³-hybridized carbons (Fsp3) is 0.435. The van der Waals surface area contributed by atoms with Crippen molar-refractivity contribution in [2.75, 3.05) is 6.61 Å². The lowest BCUT2D eigenvalue weighted by molar-refractivity contribution is -0.139. The van der Waals surface area contributed by atoms with Gasteiger partial charge < -0.3 is 9.84 Å². The molecule has 4 rings (SSSR count). The second-order valence-electron chi connectivity index (χ2n) is 8.28. The van der Waals surface area contributed by atoms with Gasteiger partial charge in [-0.05, 0) is 66.5 Å². The molecule has 2 aliphatic carbocycles. The van der Waals surface area contributed by atoms with E-state index in [0.717, 1.165) is 37.8 Å². The summed E-state index contributed by atoms with van der Waals surface area (Å²) in [6.45, 7) is 0.480. The van der Waals surface area contributed by atoms with Crippen molar-refractivity contribution in [1.29, 1.82) is 0 Å². The van der Waals surface area contributed by atoms with Gasteiger partial charge in [-0.15, -0.1) is 0 Å². The third-order valence-corrected chi connectivity index (χ3v) is 6.01. The lowest BCUT2D eigenvalue weighted by Gasteiger charge is -2.19. The number of ether oxygens (including phenoxy) is 1. The minimum atomic E-state index is -4.42. The first-order chi connectivity index (χ1) is 14.2. The number of alkyl halides is 3. The number of hydrogen-bond acceptors (Lipinski definition) is 2. The molecule has 0 amide bonds. The van der Waals surface area contributed by atoms with Gasteiger partial charge in [0.2, 0.25) is 0 Å². The van der Waals surface area contributed by atoms with Gasteiger partial charge in [0.15, 0.2) is 0 Å². The summed E-state index contributed by atoms with van der Waals surface area (Å²) in [5, 5.41) is 9.99. The predicted molar refractivity (Wildman–Crippen MR) is 108 cm³/mol. The molecule has 0 saturated heterocycles. The smallest absolute Gasteiger partial charge is 0.416 e.